The number of benzene rings is 1. The molecule has 8 nitrogen and oxygen atoms in total. The van der Waals surface area contributed by atoms with Crippen LogP contribution in [0.4, 0.5) is 23.5 Å². The lowest BCUT2D eigenvalue weighted by Gasteiger charge is -2.34. The maximum atomic E-state index is 14.9. The fourth-order valence-corrected chi connectivity index (χ4v) is 6.60. The Morgan fingerprint density at radius 3 is 2.56 bits per heavy atom. The van der Waals surface area contributed by atoms with E-state index in [1.807, 2.05) is 0 Å². The zero-order chi connectivity index (χ0) is 30.3. The van der Waals surface area contributed by atoms with E-state index in [1.165, 1.54) is 28.0 Å². The molecule has 3 aliphatic rings. The number of carbonyl (C=O) groups excluding carboxylic acids is 1. The molecule has 1 saturated heterocycles. The van der Waals surface area contributed by atoms with Crippen LogP contribution in [0.2, 0.25) is 5.02 Å². The predicted molar refractivity (Wildman–Crippen MR) is 151 cm³/mol. The molecule has 0 N–H and O–H groups in total. The van der Waals surface area contributed by atoms with Gasteiger partial charge in [-0.25, -0.2) is 19.3 Å². The number of carbonyl (C=O) groups is 1. The van der Waals surface area contributed by atoms with E-state index in [0.717, 1.165) is 44.5 Å². The molecule has 3 aromatic rings. The number of ether oxygens (including phenoxy) is 1. The van der Waals surface area contributed by atoms with Crippen LogP contribution < -0.4 is 9.64 Å². The van der Waals surface area contributed by atoms with Gasteiger partial charge < -0.3 is 19.1 Å². The predicted octanol–water partition coefficient (Wildman–Crippen LogP) is 5.95. The summed E-state index contributed by atoms with van der Waals surface area (Å²) in [6, 6.07) is 3.84. The topological polar surface area (TPSA) is 76.4 Å². The minimum Gasteiger partial charge on any atom is -0.493 e. The monoisotopic (exact) mass is 620 g/mol. The van der Waals surface area contributed by atoms with E-state index in [2.05, 4.69) is 19.9 Å². The number of nitrogens with zero attached hydrogens (tertiary/aromatic N) is 6. The minimum absolute atomic E-state index is 0.173. The molecule has 6 rings (SSSR count). The van der Waals surface area contributed by atoms with Gasteiger partial charge in [0.15, 0.2) is 5.69 Å². The molecule has 2 fully saturated rings. The van der Waals surface area contributed by atoms with Crippen molar-refractivity contribution >= 4 is 23.5 Å². The van der Waals surface area contributed by atoms with Gasteiger partial charge in [0.1, 0.15) is 17.4 Å². The van der Waals surface area contributed by atoms with E-state index in [4.69, 9.17) is 16.3 Å². The van der Waals surface area contributed by atoms with Crippen molar-refractivity contribution in [3.63, 3.8) is 0 Å². The average molecular weight is 621 g/mol. The molecule has 1 aliphatic carbocycles. The second kappa shape index (κ2) is 11.9. The Balaban J connectivity index is 0.946. The van der Waals surface area contributed by atoms with Crippen LogP contribution in [0.1, 0.15) is 55.7 Å². The van der Waals surface area contributed by atoms with Gasteiger partial charge in [-0.2, -0.15) is 13.2 Å². The highest BCUT2D eigenvalue weighted by molar-refractivity contribution is 6.30. The van der Waals surface area contributed by atoms with Crippen LogP contribution in [0.5, 0.6) is 5.75 Å². The number of anilines is 1. The highest BCUT2D eigenvalue weighted by Crippen LogP contribution is 2.50. The van der Waals surface area contributed by atoms with E-state index in [0.29, 0.717) is 35.1 Å². The third kappa shape index (κ3) is 6.58. The molecule has 13 heteroatoms. The highest BCUT2D eigenvalue weighted by atomic mass is 35.5. The molecule has 230 valence electrons. The molecule has 3 atom stereocenters. The van der Waals surface area contributed by atoms with E-state index < -0.39 is 23.7 Å². The van der Waals surface area contributed by atoms with Gasteiger partial charge in [-0.05, 0) is 62.0 Å². The molecular weight excluding hydrogens is 588 g/mol. The van der Waals surface area contributed by atoms with Crippen molar-refractivity contribution in [2.75, 3.05) is 31.1 Å². The van der Waals surface area contributed by atoms with Gasteiger partial charge in [-0.15, -0.1) is 0 Å². The Morgan fingerprint density at radius 2 is 1.86 bits per heavy atom. The summed E-state index contributed by atoms with van der Waals surface area (Å²) in [5.41, 5.74) is -0.763. The summed E-state index contributed by atoms with van der Waals surface area (Å²) in [5, 5.41) is 0.531. The van der Waals surface area contributed by atoms with E-state index in [-0.39, 0.29) is 36.8 Å². The summed E-state index contributed by atoms with van der Waals surface area (Å²) in [6.45, 7) is 4.41. The summed E-state index contributed by atoms with van der Waals surface area (Å²) in [6.07, 6.45) is 3.77. The lowest BCUT2D eigenvalue weighted by Crippen LogP contribution is -2.41. The van der Waals surface area contributed by atoms with Crippen LogP contribution in [-0.2, 0) is 23.9 Å². The Kier molecular flexibility index (Phi) is 8.23. The molecule has 4 heterocycles. The summed E-state index contributed by atoms with van der Waals surface area (Å²) < 4.78 is 61.5. The second-order valence-electron chi connectivity index (χ2n) is 11.7. The van der Waals surface area contributed by atoms with Crippen LogP contribution in [0.3, 0.4) is 0 Å². The van der Waals surface area contributed by atoms with E-state index >= 15 is 0 Å². The number of fused-ring (bicyclic) bond motifs is 1. The standard InChI is InChI=1S/C30H33ClF4N6O2/c1-18-28-38-26(30(33,34)35)17-40(28)9-10-41(18)27(42)13-21-2-3-23(14-25(21)32)43-11-6-20-12-24(20)19-4-7-39(8-5-19)29-36-15-22(31)16-37-29/h2-3,14-20,24H,4-13H2,1H3. The van der Waals surface area contributed by atoms with E-state index in [1.54, 1.807) is 25.4 Å². The first-order chi connectivity index (χ1) is 20.6. The molecule has 0 radical (unpaired) electrons. The molecule has 2 aliphatic heterocycles. The zero-order valence-electron chi connectivity index (χ0n) is 23.7. The normalized spacial score (nSPS) is 22.4. The highest BCUT2D eigenvalue weighted by Gasteiger charge is 2.43. The van der Waals surface area contributed by atoms with Gasteiger partial charge >= 0.3 is 6.18 Å². The van der Waals surface area contributed by atoms with Gasteiger partial charge in [0.05, 0.1) is 36.5 Å². The largest absolute Gasteiger partial charge is 0.493 e. The molecule has 0 spiro atoms. The van der Waals surface area contributed by atoms with Crippen molar-refractivity contribution in [1.29, 1.82) is 0 Å². The Morgan fingerprint density at radius 1 is 1.12 bits per heavy atom. The Hall–Kier alpha value is -3.41. The van der Waals surface area contributed by atoms with Crippen LogP contribution in [-0.4, -0.2) is 56.6 Å². The van der Waals surface area contributed by atoms with E-state index in [9.17, 15) is 22.4 Å². The van der Waals surface area contributed by atoms with Gasteiger partial charge in [0, 0.05) is 38.4 Å². The quantitative estimate of drug-likeness (QED) is 0.290. The maximum absolute atomic E-state index is 14.9. The van der Waals surface area contributed by atoms with Gasteiger partial charge in [0.25, 0.3) is 0 Å². The first kappa shape index (κ1) is 29.7. The van der Waals surface area contributed by atoms with Crippen molar-refractivity contribution in [1.82, 2.24) is 24.4 Å². The Bertz CT molecular complexity index is 1460. The number of hydrogen-bond donors (Lipinski definition) is 0. The number of rotatable bonds is 8. The number of piperidine rings is 1. The van der Waals surface area contributed by atoms with Crippen LogP contribution in [0.25, 0.3) is 0 Å². The fourth-order valence-electron chi connectivity index (χ4n) is 6.50. The number of amides is 1. The molecule has 2 aromatic heterocycles. The summed E-state index contributed by atoms with van der Waals surface area (Å²) in [5.74, 6) is 2.38. The van der Waals surface area contributed by atoms with Crippen molar-refractivity contribution in [2.24, 2.45) is 17.8 Å². The van der Waals surface area contributed by atoms with Crippen LogP contribution >= 0.6 is 11.6 Å². The average Bonchev–Trinajstić information content (AvgIpc) is 3.60. The number of aromatic nitrogens is 4. The third-order valence-electron chi connectivity index (χ3n) is 8.98. The molecule has 43 heavy (non-hydrogen) atoms. The number of imidazole rings is 1. The lowest BCUT2D eigenvalue weighted by molar-refractivity contribution is -0.141. The zero-order valence-corrected chi connectivity index (χ0v) is 24.5. The van der Waals surface area contributed by atoms with Crippen molar-refractivity contribution in [2.45, 2.75) is 57.8 Å². The summed E-state index contributed by atoms with van der Waals surface area (Å²) in [4.78, 5) is 29.0. The van der Waals surface area contributed by atoms with Crippen molar-refractivity contribution in [3.8, 4) is 5.75 Å². The first-order valence-corrected chi connectivity index (χ1v) is 15.0. The SMILES string of the molecule is CC1c2nc(C(F)(F)F)cn2CCN1C(=O)Cc1ccc(OCCC2CC2C2CCN(c3ncc(Cl)cn3)CC2)cc1F. The van der Waals surface area contributed by atoms with Gasteiger partial charge in [0.2, 0.25) is 11.9 Å². The number of hydrogen-bond acceptors (Lipinski definition) is 6. The van der Waals surface area contributed by atoms with Crippen LogP contribution in [0, 0.1) is 23.6 Å². The second-order valence-corrected chi connectivity index (χ2v) is 12.1. The maximum Gasteiger partial charge on any atom is 0.434 e. The third-order valence-corrected chi connectivity index (χ3v) is 9.17. The fraction of sp³-hybridized carbons (Fsp3) is 0.533. The summed E-state index contributed by atoms with van der Waals surface area (Å²) in [7, 11) is 0. The minimum atomic E-state index is -4.56. The van der Waals surface area contributed by atoms with Gasteiger partial charge in [-0.3, -0.25) is 4.79 Å². The Labute approximate surface area is 252 Å². The molecule has 1 amide bonds. The van der Waals surface area contributed by atoms with Crippen LogP contribution in [0.15, 0.2) is 36.8 Å². The molecular formula is C30H33ClF4N6O2. The molecule has 3 unspecified atom stereocenters. The molecule has 1 saturated carbocycles. The first-order valence-electron chi connectivity index (χ1n) is 14.6. The number of halogens is 5. The molecule has 1 aromatic carbocycles. The number of alkyl halides is 3. The smallest absolute Gasteiger partial charge is 0.434 e. The van der Waals surface area contributed by atoms with Gasteiger partial charge in [-0.1, -0.05) is 17.7 Å². The molecule has 0 bridgehead atoms. The van der Waals surface area contributed by atoms with Crippen molar-refractivity contribution in [3.05, 3.63) is 64.7 Å². The lowest BCUT2D eigenvalue weighted by atomic mass is 9.90. The van der Waals surface area contributed by atoms with Crippen molar-refractivity contribution < 1.29 is 27.1 Å². The summed E-state index contributed by atoms with van der Waals surface area (Å²) >= 11 is 5.89.